The first kappa shape index (κ1) is 19.4. The summed E-state index contributed by atoms with van der Waals surface area (Å²) in [7, 11) is 0. The summed E-state index contributed by atoms with van der Waals surface area (Å²) in [6.07, 6.45) is 0. The molecule has 0 aliphatic heterocycles. The molecule has 2 aromatic carbocycles. The highest BCUT2D eigenvalue weighted by Crippen LogP contribution is 2.27. The van der Waals surface area contributed by atoms with Crippen LogP contribution in [-0.4, -0.2) is 28.7 Å². The average molecular weight is 377 g/mol. The number of ether oxygens (including phenoxy) is 1. The molecular weight excluding hydrogens is 354 g/mol. The number of anilines is 1. The van der Waals surface area contributed by atoms with Crippen LogP contribution in [0, 0.1) is 6.92 Å². The minimum Gasteiger partial charge on any atom is -0.451 e. The Bertz CT molecular complexity index is 978. The fourth-order valence-electron chi connectivity index (χ4n) is 2.91. The molecule has 0 aliphatic carbocycles. The zero-order valence-electron chi connectivity index (χ0n) is 16.2. The standard InChI is InChI=1S/C22H23N3O3/c1-14(2)17-11-7-8-15(3)21(17)23-20(26)13-28-22(27)19-12-18(24-25-19)16-9-5-4-6-10-16/h4-12,14H,13H2,1-3H3,(H,23,26)(H,24,25). The quantitative estimate of drug-likeness (QED) is 0.627. The molecule has 0 saturated heterocycles. The molecule has 0 fully saturated rings. The third-order valence-electron chi connectivity index (χ3n) is 4.39. The Hall–Kier alpha value is -3.41. The van der Waals surface area contributed by atoms with Gasteiger partial charge in [0.05, 0.1) is 5.69 Å². The lowest BCUT2D eigenvalue weighted by Crippen LogP contribution is -2.22. The van der Waals surface area contributed by atoms with Gasteiger partial charge in [-0.2, -0.15) is 5.10 Å². The fourth-order valence-corrected chi connectivity index (χ4v) is 2.91. The fraction of sp³-hybridized carbons (Fsp3) is 0.227. The van der Waals surface area contributed by atoms with Crippen molar-refractivity contribution in [1.82, 2.24) is 10.2 Å². The molecule has 28 heavy (non-hydrogen) atoms. The summed E-state index contributed by atoms with van der Waals surface area (Å²) >= 11 is 0. The highest BCUT2D eigenvalue weighted by Gasteiger charge is 2.16. The first-order chi connectivity index (χ1) is 13.5. The molecule has 1 amide bonds. The monoisotopic (exact) mass is 377 g/mol. The third kappa shape index (κ3) is 4.46. The molecule has 0 atom stereocenters. The van der Waals surface area contributed by atoms with E-state index in [0.717, 1.165) is 22.4 Å². The molecule has 1 aromatic heterocycles. The molecule has 3 aromatic rings. The zero-order valence-corrected chi connectivity index (χ0v) is 16.2. The molecule has 3 rings (SSSR count). The Balaban J connectivity index is 1.61. The van der Waals surface area contributed by atoms with E-state index >= 15 is 0 Å². The second-order valence-electron chi connectivity index (χ2n) is 6.85. The number of para-hydroxylation sites is 1. The largest absolute Gasteiger partial charge is 0.451 e. The van der Waals surface area contributed by atoms with Crippen LogP contribution in [0.1, 0.15) is 41.4 Å². The van der Waals surface area contributed by atoms with Gasteiger partial charge in [0.1, 0.15) is 5.69 Å². The van der Waals surface area contributed by atoms with Gasteiger partial charge in [0, 0.05) is 11.3 Å². The number of aryl methyl sites for hydroxylation is 1. The van der Waals surface area contributed by atoms with Crippen molar-refractivity contribution in [2.75, 3.05) is 11.9 Å². The summed E-state index contributed by atoms with van der Waals surface area (Å²) in [6, 6.07) is 17.0. The molecule has 1 heterocycles. The maximum absolute atomic E-state index is 12.3. The van der Waals surface area contributed by atoms with Crippen molar-refractivity contribution in [3.05, 3.63) is 71.4 Å². The van der Waals surface area contributed by atoms with Crippen molar-refractivity contribution >= 4 is 17.6 Å². The first-order valence-corrected chi connectivity index (χ1v) is 9.13. The number of aromatic nitrogens is 2. The average Bonchev–Trinajstić information content (AvgIpc) is 3.18. The molecule has 6 nitrogen and oxygen atoms in total. The number of rotatable bonds is 6. The second-order valence-corrected chi connectivity index (χ2v) is 6.85. The SMILES string of the molecule is Cc1cccc(C(C)C)c1NC(=O)COC(=O)c1cc(-c2ccccc2)n[nH]1. The van der Waals surface area contributed by atoms with E-state index in [4.69, 9.17) is 4.74 Å². The lowest BCUT2D eigenvalue weighted by Gasteiger charge is -2.16. The number of hydrogen-bond donors (Lipinski definition) is 2. The molecule has 0 bridgehead atoms. The summed E-state index contributed by atoms with van der Waals surface area (Å²) in [5.41, 5.74) is 4.50. The van der Waals surface area contributed by atoms with Crippen LogP contribution in [0.2, 0.25) is 0 Å². The number of benzene rings is 2. The summed E-state index contributed by atoms with van der Waals surface area (Å²) in [6.45, 7) is 5.69. The van der Waals surface area contributed by atoms with Crippen molar-refractivity contribution in [2.24, 2.45) is 0 Å². The van der Waals surface area contributed by atoms with Crippen LogP contribution >= 0.6 is 0 Å². The molecular formula is C22H23N3O3. The zero-order chi connectivity index (χ0) is 20.1. The van der Waals surface area contributed by atoms with Gasteiger partial charge in [-0.15, -0.1) is 0 Å². The summed E-state index contributed by atoms with van der Waals surface area (Å²) in [5, 5.41) is 9.63. The maximum Gasteiger partial charge on any atom is 0.356 e. The van der Waals surface area contributed by atoms with E-state index in [-0.39, 0.29) is 24.1 Å². The van der Waals surface area contributed by atoms with E-state index in [2.05, 4.69) is 29.4 Å². The molecule has 0 saturated carbocycles. The minimum absolute atomic E-state index is 0.199. The Morgan fingerprint density at radius 3 is 2.57 bits per heavy atom. The smallest absolute Gasteiger partial charge is 0.356 e. The first-order valence-electron chi connectivity index (χ1n) is 9.13. The van der Waals surface area contributed by atoms with Crippen LogP contribution < -0.4 is 5.32 Å². The highest BCUT2D eigenvalue weighted by atomic mass is 16.5. The van der Waals surface area contributed by atoms with E-state index in [9.17, 15) is 9.59 Å². The van der Waals surface area contributed by atoms with Crippen molar-refractivity contribution in [3.63, 3.8) is 0 Å². The van der Waals surface area contributed by atoms with Gasteiger partial charge in [-0.3, -0.25) is 9.89 Å². The summed E-state index contributed by atoms with van der Waals surface area (Å²) in [4.78, 5) is 24.5. The predicted molar refractivity (Wildman–Crippen MR) is 108 cm³/mol. The van der Waals surface area contributed by atoms with Gasteiger partial charge in [-0.1, -0.05) is 62.4 Å². The van der Waals surface area contributed by atoms with E-state index in [1.54, 1.807) is 6.07 Å². The number of H-pyrrole nitrogens is 1. The predicted octanol–water partition coefficient (Wildman–Crippen LogP) is 4.30. The molecule has 0 aliphatic rings. The lowest BCUT2D eigenvalue weighted by molar-refractivity contribution is -0.119. The molecule has 0 spiro atoms. The Kier molecular flexibility index (Phi) is 5.89. The number of amides is 1. The molecule has 2 N–H and O–H groups in total. The van der Waals surface area contributed by atoms with Gasteiger partial charge in [0.25, 0.3) is 5.91 Å². The number of nitrogens with one attached hydrogen (secondary N) is 2. The van der Waals surface area contributed by atoms with Crippen LogP contribution in [0.15, 0.2) is 54.6 Å². The van der Waals surface area contributed by atoms with Crippen molar-refractivity contribution in [3.8, 4) is 11.3 Å². The number of carbonyl (C=O) groups excluding carboxylic acids is 2. The number of carbonyl (C=O) groups is 2. The molecule has 6 heteroatoms. The number of esters is 1. The van der Waals surface area contributed by atoms with E-state index in [1.165, 1.54) is 0 Å². The van der Waals surface area contributed by atoms with Crippen LogP contribution in [0.3, 0.4) is 0 Å². The number of nitrogens with zero attached hydrogens (tertiary/aromatic N) is 1. The Labute approximate surface area is 163 Å². The summed E-state index contributed by atoms with van der Waals surface area (Å²) < 4.78 is 5.13. The second kappa shape index (κ2) is 8.52. The van der Waals surface area contributed by atoms with Gasteiger partial charge in [0.15, 0.2) is 6.61 Å². The molecule has 0 unspecified atom stereocenters. The maximum atomic E-state index is 12.3. The van der Waals surface area contributed by atoms with Crippen LogP contribution in [-0.2, 0) is 9.53 Å². The number of aromatic amines is 1. The normalized spacial score (nSPS) is 10.7. The van der Waals surface area contributed by atoms with Crippen molar-refractivity contribution in [1.29, 1.82) is 0 Å². The van der Waals surface area contributed by atoms with Crippen LogP contribution in [0.25, 0.3) is 11.3 Å². The number of hydrogen-bond acceptors (Lipinski definition) is 4. The minimum atomic E-state index is -0.626. The van der Waals surface area contributed by atoms with Crippen LogP contribution in [0.5, 0.6) is 0 Å². The van der Waals surface area contributed by atoms with E-state index < -0.39 is 5.97 Å². The lowest BCUT2D eigenvalue weighted by atomic mass is 9.98. The topological polar surface area (TPSA) is 84.1 Å². The Morgan fingerprint density at radius 1 is 1.11 bits per heavy atom. The van der Waals surface area contributed by atoms with Crippen LogP contribution in [0.4, 0.5) is 5.69 Å². The van der Waals surface area contributed by atoms with Gasteiger partial charge >= 0.3 is 5.97 Å². The van der Waals surface area contributed by atoms with Crippen molar-refractivity contribution < 1.29 is 14.3 Å². The summed E-state index contributed by atoms with van der Waals surface area (Å²) in [5.74, 6) is -0.745. The molecule has 0 radical (unpaired) electrons. The molecule has 144 valence electrons. The Morgan fingerprint density at radius 2 is 1.86 bits per heavy atom. The van der Waals surface area contributed by atoms with Gasteiger partial charge < -0.3 is 10.1 Å². The van der Waals surface area contributed by atoms with Crippen molar-refractivity contribution in [2.45, 2.75) is 26.7 Å². The highest BCUT2D eigenvalue weighted by molar-refractivity contribution is 5.96. The van der Waals surface area contributed by atoms with Gasteiger partial charge in [-0.25, -0.2) is 4.79 Å². The van der Waals surface area contributed by atoms with Gasteiger partial charge in [-0.05, 0) is 30.0 Å². The van der Waals surface area contributed by atoms with E-state index in [1.807, 2.05) is 55.5 Å². The van der Waals surface area contributed by atoms with E-state index in [0.29, 0.717) is 5.69 Å². The third-order valence-corrected chi connectivity index (χ3v) is 4.39. The van der Waals surface area contributed by atoms with Gasteiger partial charge in [0.2, 0.25) is 0 Å².